The maximum absolute atomic E-state index is 5.33. The van der Waals surface area contributed by atoms with Crippen LogP contribution in [0.25, 0.3) is 0 Å². The number of hydrogen-bond acceptors (Lipinski definition) is 0. The Bertz CT molecular complexity index is 37.3. The lowest BCUT2D eigenvalue weighted by Crippen LogP contribution is -2.02. The van der Waals surface area contributed by atoms with Crippen LogP contribution in [0.3, 0.4) is 0 Å². The summed E-state index contributed by atoms with van der Waals surface area (Å²) in [5.41, 5.74) is 0. The standard InChI is InChI=1S/C4H10BP/c1-4(2,3)6-5/h6H,1-3H3/q-1. The minimum atomic E-state index is 0.347. The van der Waals surface area contributed by atoms with E-state index in [1.165, 1.54) is 0 Å². The molecule has 0 saturated carbocycles. The third kappa shape index (κ3) is 4.49. The summed E-state index contributed by atoms with van der Waals surface area (Å²) in [6.07, 6.45) is 0. The molecule has 1 unspecified atom stereocenters. The van der Waals surface area contributed by atoms with Crippen LogP contribution in [0.4, 0.5) is 0 Å². The molecule has 0 aliphatic heterocycles. The topological polar surface area (TPSA) is 0 Å². The minimum absolute atomic E-state index is 0.347. The summed E-state index contributed by atoms with van der Waals surface area (Å²) in [6.45, 7) is 6.39. The van der Waals surface area contributed by atoms with Crippen molar-refractivity contribution in [2.24, 2.45) is 0 Å². The zero-order valence-corrected chi connectivity index (χ0v) is 5.58. The first-order valence-electron chi connectivity index (χ1n) is 2.04. The Balaban J connectivity index is 3.17. The van der Waals surface area contributed by atoms with Gasteiger partial charge in [0, 0.05) is 0 Å². The molecule has 0 aliphatic carbocycles. The van der Waals surface area contributed by atoms with Crippen LogP contribution in [0.1, 0.15) is 20.8 Å². The lowest BCUT2D eigenvalue weighted by atomic mass is 10.3. The Morgan fingerprint density at radius 3 is 1.50 bits per heavy atom. The second-order valence-electron chi connectivity index (χ2n) is 2.39. The molecule has 0 rings (SSSR count). The van der Waals surface area contributed by atoms with Gasteiger partial charge < -0.3 is 16.0 Å². The van der Waals surface area contributed by atoms with Crippen molar-refractivity contribution in [3.63, 3.8) is 0 Å². The normalized spacial score (nSPS) is 14.0. The first kappa shape index (κ1) is 6.49. The van der Waals surface area contributed by atoms with Crippen molar-refractivity contribution in [3.8, 4) is 0 Å². The summed E-state index contributed by atoms with van der Waals surface area (Å²) >= 11 is 0. The monoisotopic (exact) mass is 100 g/mol. The quantitative estimate of drug-likeness (QED) is 0.320. The van der Waals surface area contributed by atoms with Gasteiger partial charge in [-0.3, -0.25) is 0 Å². The summed E-state index contributed by atoms with van der Waals surface area (Å²) in [6, 6.07) is 0. The van der Waals surface area contributed by atoms with Crippen LogP contribution in [0, 0.1) is 0 Å². The van der Waals surface area contributed by atoms with Crippen LogP contribution in [0.2, 0.25) is 0 Å². The zero-order valence-electron chi connectivity index (χ0n) is 4.58. The van der Waals surface area contributed by atoms with Crippen molar-refractivity contribution in [2.45, 2.75) is 25.9 Å². The molecule has 2 heteroatoms. The van der Waals surface area contributed by atoms with Crippen molar-refractivity contribution in [1.29, 1.82) is 0 Å². The molecule has 0 aliphatic rings. The molecule has 0 aromatic rings. The molecule has 0 aromatic carbocycles. The first-order chi connectivity index (χ1) is 2.56. The van der Waals surface area contributed by atoms with Crippen molar-refractivity contribution in [1.82, 2.24) is 0 Å². The van der Waals surface area contributed by atoms with Crippen molar-refractivity contribution in [3.05, 3.63) is 0 Å². The van der Waals surface area contributed by atoms with E-state index in [1.54, 1.807) is 0 Å². The van der Waals surface area contributed by atoms with Crippen molar-refractivity contribution < 1.29 is 0 Å². The highest BCUT2D eigenvalue weighted by atomic mass is 31.1. The first-order valence-corrected chi connectivity index (χ1v) is 3.12. The van der Waals surface area contributed by atoms with Gasteiger partial charge in [-0.15, -0.1) is 0 Å². The Labute approximate surface area is 42.9 Å². The van der Waals surface area contributed by atoms with E-state index in [2.05, 4.69) is 20.8 Å². The summed E-state index contributed by atoms with van der Waals surface area (Å²) in [5, 5.41) is 0.347. The fraction of sp³-hybridized carbons (Fsp3) is 1.00. The largest absolute Gasteiger partial charge is 0.583 e. The van der Waals surface area contributed by atoms with Gasteiger partial charge in [0.05, 0.1) is 0 Å². The summed E-state index contributed by atoms with van der Waals surface area (Å²) in [4.78, 5) is 0. The van der Waals surface area contributed by atoms with E-state index >= 15 is 0 Å². The predicted octanol–water partition coefficient (Wildman–Crippen LogP) is 1.55. The van der Waals surface area contributed by atoms with E-state index in [1.807, 2.05) is 0 Å². The van der Waals surface area contributed by atoms with Gasteiger partial charge in [-0.2, -0.15) is 0 Å². The maximum atomic E-state index is 5.33. The highest BCUT2D eigenvalue weighted by molar-refractivity contribution is 7.67. The van der Waals surface area contributed by atoms with E-state index in [4.69, 9.17) is 7.57 Å². The molecule has 0 saturated heterocycles. The van der Waals surface area contributed by atoms with Gasteiger partial charge in [-0.25, -0.2) is 0 Å². The molecule has 0 fully saturated rings. The zero-order chi connectivity index (χ0) is 5.21. The molecule has 0 aromatic heterocycles. The molecule has 6 heavy (non-hydrogen) atoms. The lowest BCUT2D eigenvalue weighted by molar-refractivity contribution is 0.801. The van der Waals surface area contributed by atoms with E-state index in [0.717, 1.165) is 0 Å². The molecular weight excluding hydrogens is 89.8 g/mol. The Morgan fingerprint density at radius 1 is 1.33 bits per heavy atom. The number of hydrogen-bond donors (Lipinski definition) is 0. The molecule has 0 spiro atoms. The summed E-state index contributed by atoms with van der Waals surface area (Å²) in [5.74, 6) is 0. The van der Waals surface area contributed by atoms with E-state index in [9.17, 15) is 0 Å². The fourth-order valence-corrected chi connectivity index (χ4v) is 0. The summed E-state index contributed by atoms with van der Waals surface area (Å²) < 4.78 is 0. The van der Waals surface area contributed by atoms with Gasteiger partial charge in [0.2, 0.25) is 0 Å². The van der Waals surface area contributed by atoms with E-state index in [-0.39, 0.29) is 0 Å². The Morgan fingerprint density at radius 2 is 1.50 bits per heavy atom. The van der Waals surface area contributed by atoms with Crippen LogP contribution < -0.4 is 0 Å². The predicted molar refractivity (Wildman–Crippen MR) is 33.8 cm³/mol. The van der Waals surface area contributed by atoms with Crippen LogP contribution in [-0.4, -0.2) is 12.7 Å². The molecule has 0 nitrogen and oxygen atoms in total. The molecule has 0 N–H and O–H groups in total. The SMILES string of the molecule is [B-]PC(C)(C)C. The van der Waals surface area contributed by atoms with Gasteiger partial charge in [-0.1, -0.05) is 25.9 Å². The molecular formula is C4H10BP-. The van der Waals surface area contributed by atoms with Gasteiger partial charge in [0.15, 0.2) is 0 Å². The molecule has 0 heterocycles. The van der Waals surface area contributed by atoms with Crippen molar-refractivity contribution in [2.75, 3.05) is 0 Å². The maximum Gasteiger partial charge on any atom is -0.0598 e. The van der Waals surface area contributed by atoms with Crippen LogP contribution in [0.5, 0.6) is 0 Å². The highest BCUT2D eigenvalue weighted by Gasteiger charge is 1.95. The fourth-order valence-electron chi connectivity index (χ4n) is 0. The third-order valence-electron chi connectivity index (χ3n) is 0.433. The Hall–Kier alpha value is 0.495. The molecule has 0 amide bonds. The molecule has 0 bridgehead atoms. The smallest absolute Gasteiger partial charge is 0.0598 e. The van der Waals surface area contributed by atoms with Crippen LogP contribution >= 0.6 is 8.46 Å². The van der Waals surface area contributed by atoms with Crippen LogP contribution in [0.15, 0.2) is 0 Å². The summed E-state index contributed by atoms with van der Waals surface area (Å²) in [7, 11) is 5.90. The van der Waals surface area contributed by atoms with Gasteiger partial charge in [-0.05, 0) is 0 Å². The Kier molecular flexibility index (Phi) is 2.14. The van der Waals surface area contributed by atoms with E-state index in [0.29, 0.717) is 13.6 Å². The minimum Gasteiger partial charge on any atom is -0.583 e. The second-order valence-corrected chi connectivity index (χ2v) is 4.18. The average Bonchev–Trinajstić information content (AvgIpc) is 1.35. The van der Waals surface area contributed by atoms with Gasteiger partial charge in [0.1, 0.15) is 0 Å². The van der Waals surface area contributed by atoms with Crippen LogP contribution in [-0.2, 0) is 0 Å². The highest BCUT2D eigenvalue weighted by Crippen LogP contribution is 2.24. The molecule has 3 radical (unpaired) electrons. The van der Waals surface area contributed by atoms with Gasteiger partial charge in [0.25, 0.3) is 0 Å². The third-order valence-corrected chi connectivity index (χ3v) is 1.30. The molecule has 35 valence electrons. The average molecular weight is 99.9 g/mol. The molecule has 1 atom stereocenters. The van der Waals surface area contributed by atoms with E-state index < -0.39 is 0 Å². The number of rotatable bonds is 0. The van der Waals surface area contributed by atoms with Crippen molar-refractivity contribution >= 4 is 16.0 Å². The lowest BCUT2D eigenvalue weighted by Gasteiger charge is -2.24. The van der Waals surface area contributed by atoms with Gasteiger partial charge >= 0.3 is 0 Å². The second kappa shape index (κ2) is 1.98.